The molecule has 0 saturated carbocycles. The van der Waals surface area contributed by atoms with E-state index in [1.807, 2.05) is 19.1 Å². The normalized spacial score (nSPS) is 9.86. The van der Waals surface area contributed by atoms with E-state index in [2.05, 4.69) is 22.3 Å². The first-order valence-corrected chi connectivity index (χ1v) is 6.61. The smallest absolute Gasteiger partial charge is 0.258 e. The summed E-state index contributed by atoms with van der Waals surface area (Å²) in [7, 11) is 1.76. The molecule has 21 heavy (non-hydrogen) atoms. The summed E-state index contributed by atoms with van der Waals surface area (Å²) in [6.07, 6.45) is 2.00. The number of amides is 1. The van der Waals surface area contributed by atoms with Crippen molar-refractivity contribution >= 4 is 11.7 Å². The SMILES string of the molecule is Cc1ccc(C#CCCO)c(C(=O)Nc2ccnn2C)c1. The van der Waals surface area contributed by atoms with Crippen molar-refractivity contribution in [2.45, 2.75) is 13.3 Å². The molecule has 1 aromatic heterocycles. The van der Waals surface area contributed by atoms with Gasteiger partial charge in [0.15, 0.2) is 0 Å². The molecule has 0 aliphatic rings. The lowest BCUT2D eigenvalue weighted by molar-refractivity contribution is 0.102. The Morgan fingerprint density at radius 2 is 2.24 bits per heavy atom. The van der Waals surface area contributed by atoms with Crippen LogP contribution in [0.5, 0.6) is 0 Å². The molecular weight excluding hydrogens is 266 g/mol. The fourth-order valence-corrected chi connectivity index (χ4v) is 1.85. The van der Waals surface area contributed by atoms with Crippen molar-refractivity contribution in [3.63, 3.8) is 0 Å². The molecule has 0 saturated heterocycles. The average Bonchev–Trinajstić information content (AvgIpc) is 2.86. The monoisotopic (exact) mass is 283 g/mol. The minimum absolute atomic E-state index is 0.00934. The number of nitrogens with one attached hydrogen (secondary N) is 1. The zero-order valence-electron chi connectivity index (χ0n) is 12.1. The van der Waals surface area contributed by atoms with E-state index in [1.165, 1.54) is 0 Å². The van der Waals surface area contributed by atoms with Crippen LogP contribution in [0.3, 0.4) is 0 Å². The molecule has 1 amide bonds. The van der Waals surface area contributed by atoms with Gasteiger partial charge in [0.05, 0.1) is 18.4 Å². The second-order valence-electron chi connectivity index (χ2n) is 4.62. The number of hydrogen-bond acceptors (Lipinski definition) is 3. The first-order chi connectivity index (χ1) is 10.1. The van der Waals surface area contributed by atoms with Crippen molar-refractivity contribution in [1.29, 1.82) is 0 Å². The van der Waals surface area contributed by atoms with Gasteiger partial charge in [-0.1, -0.05) is 23.5 Å². The Morgan fingerprint density at radius 1 is 1.43 bits per heavy atom. The number of aromatic nitrogens is 2. The maximum atomic E-state index is 12.4. The van der Waals surface area contributed by atoms with Gasteiger partial charge in [0.2, 0.25) is 0 Å². The Morgan fingerprint density at radius 3 is 2.90 bits per heavy atom. The maximum Gasteiger partial charge on any atom is 0.258 e. The molecule has 0 radical (unpaired) electrons. The molecule has 0 aliphatic heterocycles. The van der Waals surface area contributed by atoms with Crippen molar-refractivity contribution in [3.05, 3.63) is 47.2 Å². The van der Waals surface area contributed by atoms with Crippen LogP contribution in [0, 0.1) is 18.8 Å². The number of aryl methyl sites for hydroxylation is 2. The van der Waals surface area contributed by atoms with Crippen LogP contribution in [-0.4, -0.2) is 27.4 Å². The summed E-state index contributed by atoms with van der Waals surface area (Å²) >= 11 is 0. The Labute approximate surface area is 123 Å². The highest BCUT2D eigenvalue weighted by Crippen LogP contribution is 2.14. The minimum Gasteiger partial charge on any atom is -0.395 e. The van der Waals surface area contributed by atoms with Crippen molar-refractivity contribution in [1.82, 2.24) is 9.78 Å². The van der Waals surface area contributed by atoms with Gasteiger partial charge in [-0.2, -0.15) is 5.10 Å². The van der Waals surface area contributed by atoms with Crippen LogP contribution in [0.15, 0.2) is 30.5 Å². The molecule has 0 spiro atoms. The summed E-state index contributed by atoms with van der Waals surface area (Å²) in [5, 5.41) is 15.6. The second kappa shape index (κ2) is 6.73. The van der Waals surface area contributed by atoms with Gasteiger partial charge >= 0.3 is 0 Å². The molecule has 5 nitrogen and oxygen atoms in total. The molecule has 2 aromatic rings. The van der Waals surface area contributed by atoms with Crippen LogP contribution in [0.25, 0.3) is 0 Å². The lowest BCUT2D eigenvalue weighted by atomic mass is 10.0. The van der Waals surface area contributed by atoms with Gasteiger partial charge in [0.1, 0.15) is 5.82 Å². The number of benzene rings is 1. The molecule has 0 aliphatic carbocycles. The minimum atomic E-state index is -0.226. The van der Waals surface area contributed by atoms with E-state index in [0.717, 1.165) is 5.56 Å². The Hall–Kier alpha value is -2.58. The Balaban J connectivity index is 2.29. The Bertz CT molecular complexity index is 708. The van der Waals surface area contributed by atoms with E-state index in [-0.39, 0.29) is 12.5 Å². The van der Waals surface area contributed by atoms with Crippen LogP contribution in [0.1, 0.15) is 27.9 Å². The quantitative estimate of drug-likeness (QED) is 0.843. The lowest BCUT2D eigenvalue weighted by Gasteiger charge is -2.08. The number of carbonyl (C=O) groups excluding carboxylic acids is 1. The first-order valence-electron chi connectivity index (χ1n) is 6.61. The van der Waals surface area contributed by atoms with E-state index in [4.69, 9.17) is 5.11 Å². The van der Waals surface area contributed by atoms with Crippen molar-refractivity contribution in [2.24, 2.45) is 7.05 Å². The van der Waals surface area contributed by atoms with E-state index < -0.39 is 0 Å². The fraction of sp³-hybridized carbons (Fsp3) is 0.250. The van der Waals surface area contributed by atoms with Gasteiger partial charge in [-0.05, 0) is 19.1 Å². The predicted molar refractivity (Wildman–Crippen MR) is 80.9 cm³/mol. The van der Waals surface area contributed by atoms with Crippen molar-refractivity contribution in [3.8, 4) is 11.8 Å². The van der Waals surface area contributed by atoms with Gasteiger partial charge in [-0.25, -0.2) is 0 Å². The number of carbonyl (C=O) groups is 1. The first kappa shape index (κ1) is 14.8. The second-order valence-corrected chi connectivity index (χ2v) is 4.62. The van der Waals surface area contributed by atoms with Gasteiger partial charge in [0.25, 0.3) is 5.91 Å². The van der Waals surface area contributed by atoms with E-state index >= 15 is 0 Å². The summed E-state index contributed by atoms with van der Waals surface area (Å²) in [6.45, 7) is 1.93. The van der Waals surface area contributed by atoms with Crippen molar-refractivity contribution in [2.75, 3.05) is 11.9 Å². The number of rotatable bonds is 3. The zero-order chi connectivity index (χ0) is 15.2. The lowest BCUT2D eigenvalue weighted by Crippen LogP contribution is -2.16. The Kier molecular flexibility index (Phi) is 4.75. The van der Waals surface area contributed by atoms with E-state index in [0.29, 0.717) is 23.4 Å². The van der Waals surface area contributed by atoms with Crippen LogP contribution < -0.4 is 5.32 Å². The summed E-state index contributed by atoms with van der Waals surface area (Å²) in [5.41, 5.74) is 2.15. The maximum absolute atomic E-state index is 12.4. The number of hydrogen-bond donors (Lipinski definition) is 2. The van der Waals surface area contributed by atoms with Crippen LogP contribution in [0.4, 0.5) is 5.82 Å². The van der Waals surface area contributed by atoms with Crippen molar-refractivity contribution < 1.29 is 9.90 Å². The highest BCUT2D eigenvalue weighted by atomic mass is 16.2. The summed E-state index contributed by atoms with van der Waals surface area (Å²) in [5.74, 6) is 6.16. The van der Waals surface area contributed by atoms with Gasteiger partial charge in [-0.3, -0.25) is 9.48 Å². The number of aliphatic hydroxyl groups is 1. The molecule has 2 N–H and O–H groups in total. The van der Waals surface area contributed by atoms with Crippen LogP contribution in [-0.2, 0) is 7.05 Å². The third-order valence-electron chi connectivity index (χ3n) is 2.94. The van der Waals surface area contributed by atoms with Gasteiger partial charge < -0.3 is 10.4 Å². The van der Waals surface area contributed by atoms with E-state index in [9.17, 15) is 4.79 Å². The summed E-state index contributed by atoms with van der Waals surface area (Å²) < 4.78 is 1.59. The number of nitrogens with zero attached hydrogens (tertiary/aromatic N) is 2. The summed E-state index contributed by atoms with van der Waals surface area (Å²) in [6, 6.07) is 7.25. The van der Waals surface area contributed by atoms with Crippen LogP contribution in [0.2, 0.25) is 0 Å². The molecule has 0 unspecified atom stereocenters. The standard InChI is InChI=1S/C16H17N3O2/c1-12-6-7-13(5-3-4-10-20)14(11-12)16(21)18-15-8-9-17-19(15)2/h6-9,11,20H,4,10H2,1-2H3,(H,18,21). The topological polar surface area (TPSA) is 67.2 Å². The molecular formula is C16H17N3O2. The third-order valence-corrected chi connectivity index (χ3v) is 2.94. The summed E-state index contributed by atoms with van der Waals surface area (Å²) in [4.78, 5) is 12.4. The highest BCUT2D eigenvalue weighted by Gasteiger charge is 2.12. The molecule has 0 bridgehead atoms. The highest BCUT2D eigenvalue weighted by molar-refractivity contribution is 6.05. The molecule has 0 fully saturated rings. The van der Waals surface area contributed by atoms with E-state index in [1.54, 1.807) is 30.1 Å². The predicted octanol–water partition coefficient (Wildman–Crippen LogP) is 1.71. The third kappa shape index (κ3) is 3.71. The average molecular weight is 283 g/mol. The molecule has 0 atom stereocenters. The van der Waals surface area contributed by atoms with Gasteiger partial charge in [0, 0.05) is 25.1 Å². The number of aliphatic hydroxyl groups excluding tert-OH is 1. The fourth-order valence-electron chi connectivity index (χ4n) is 1.85. The van der Waals surface area contributed by atoms with Gasteiger partial charge in [-0.15, -0.1) is 0 Å². The molecule has 1 aromatic carbocycles. The molecule has 1 heterocycles. The molecule has 108 valence electrons. The molecule has 5 heteroatoms. The zero-order valence-corrected chi connectivity index (χ0v) is 12.1. The largest absolute Gasteiger partial charge is 0.395 e. The molecule has 2 rings (SSSR count). The number of anilines is 1. The van der Waals surface area contributed by atoms with Crippen LogP contribution >= 0.6 is 0 Å².